The number of esters is 1. The molecule has 1 amide bonds. The Morgan fingerprint density at radius 2 is 1.84 bits per heavy atom. The van der Waals surface area contributed by atoms with Gasteiger partial charge in [0.2, 0.25) is 15.9 Å². The summed E-state index contributed by atoms with van der Waals surface area (Å²) < 4.78 is 34.0. The quantitative estimate of drug-likeness (QED) is 0.273. The van der Waals surface area contributed by atoms with E-state index in [1.807, 2.05) is 12.1 Å². The van der Waals surface area contributed by atoms with Crippen molar-refractivity contribution in [2.24, 2.45) is 4.99 Å². The smallest absolute Gasteiger partial charge is 0.325 e. The van der Waals surface area contributed by atoms with E-state index in [0.29, 0.717) is 17.4 Å². The second kappa shape index (κ2) is 13.5. The van der Waals surface area contributed by atoms with Crippen LogP contribution in [0, 0.1) is 0 Å². The Bertz CT molecular complexity index is 1240. The second-order valence-electron chi connectivity index (χ2n) is 10.00. The van der Waals surface area contributed by atoms with Gasteiger partial charge in [-0.05, 0) is 82.9 Å². The predicted octanol–water partition coefficient (Wildman–Crippen LogP) is 3.81. The van der Waals surface area contributed by atoms with Gasteiger partial charge >= 0.3 is 5.97 Å². The number of hydrogen-bond donors (Lipinski definition) is 3. The van der Waals surface area contributed by atoms with Crippen LogP contribution in [0.2, 0.25) is 5.02 Å². The van der Waals surface area contributed by atoms with Crippen LogP contribution < -0.4 is 15.4 Å². The normalized spacial score (nSPS) is 14.8. The molecule has 0 radical (unpaired) electrons. The number of rotatable bonds is 11. The Morgan fingerprint density at radius 1 is 1.13 bits per heavy atom. The van der Waals surface area contributed by atoms with Crippen molar-refractivity contribution in [3.8, 4) is 0 Å². The average Bonchev–Trinajstić information content (AvgIpc) is 3.28. The molecule has 0 spiro atoms. The third-order valence-corrected chi connectivity index (χ3v) is 8.37. The number of guanidine groups is 1. The molecular weight excluding hydrogens is 548 g/mol. The minimum atomic E-state index is -3.98. The van der Waals surface area contributed by atoms with Gasteiger partial charge in [0, 0.05) is 40.7 Å². The van der Waals surface area contributed by atoms with E-state index in [1.54, 1.807) is 20.8 Å². The fraction of sp³-hybridized carbons (Fsp3) is 0.500. The number of nitrogens with zero attached hydrogens (tertiary/aromatic N) is 1. The molecule has 3 rings (SSSR count). The fourth-order valence-electron chi connectivity index (χ4n) is 3.68. The number of ether oxygens (including phenoxy) is 1. The Kier molecular flexibility index (Phi) is 10.7. The Hall–Kier alpha value is -2.47. The van der Waals surface area contributed by atoms with Crippen LogP contribution in [0.25, 0.3) is 0 Å². The highest BCUT2D eigenvalue weighted by molar-refractivity contribution is 7.89. The summed E-state index contributed by atoms with van der Waals surface area (Å²) in [6.45, 7) is 6.74. The monoisotopic (exact) mass is 582 g/mol. The standard InChI is InChI=1S/C26H35ClN4O5S2/c1-26(2,3)36-24(33)22(31-38(34,35)21-13-9-18(27)10-14-21)17-20-12-11-19(37-20)7-4-5-8-23(32)30-25-28-15-6-16-29-25/h9-14,22,31H,4-8,15-17H2,1-3H3,(H2,28,29,30,32)/t22-/m0/s1. The van der Waals surface area contributed by atoms with Crippen LogP contribution in [-0.4, -0.2) is 51.0 Å². The molecule has 12 heteroatoms. The molecule has 1 aliphatic heterocycles. The van der Waals surface area contributed by atoms with Crippen molar-refractivity contribution in [2.75, 3.05) is 13.1 Å². The maximum Gasteiger partial charge on any atom is 0.325 e. The first-order valence-corrected chi connectivity index (χ1v) is 15.3. The van der Waals surface area contributed by atoms with E-state index in [2.05, 4.69) is 20.3 Å². The summed E-state index contributed by atoms with van der Waals surface area (Å²) in [5.41, 5.74) is -0.770. The van der Waals surface area contributed by atoms with Gasteiger partial charge in [0.15, 0.2) is 5.96 Å². The van der Waals surface area contributed by atoms with E-state index in [9.17, 15) is 18.0 Å². The number of sulfonamides is 1. The molecule has 1 aromatic heterocycles. The van der Waals surface area contributed by atoms with Crippen molar-refractivity contribution < 1.29 is 22.7 Å². The second-order valence-corrected chi connectivity index (χ2v) is 13.4. The third kappa shape index (κ3) is 10.0. The van der Waals surface area contributed by atoms with Gasteiger partial charge in [-0.25, -0.2) is 8.42 Å². The van der Waals surface area contributed by atoms with Crippen molar-refractivity contribution in [3.05, 3.63) is 51.2 Å². The van der Waals surface area contributed by atoms with Crippen LogP contribution in [0.4, 0.5) is 0 Å². The molecule has 2 aromatic rings. The predicted molar refractivity (Wildman–Crippen MR) is 150 cm³/mol. The maximum atomic E-state index is 13.0. The molecular formula is C26H35ClN4O5S2. The van der Waals surface area contributed by atoms with Gasteiger partial charge < -0.3 is 10.1 Å². The zero-order chi connectivity index (χ0) is 27.8. The van der Waals surface area contributed by atoms with E-state index < -0.39 is 27.6 Å². The number of halogens is 1. The van der Waals surface area contributed by atoms with Gasteiger partial charge in [-0.3, -0.25) is 19.9 Å². The molecule has 0 saturated heterocycles. The largest absolute Gasteiger partial charge is 0.459 e. The highest BCUT2D eigenvalue weighted by Crippen LogP contribution is 2.23. The number of nitrogens with one attached hydrogen (secondary N) is 3. The van der Waals surface area contributed by atoms with E-state index in [0.717, 1.165) is 48.5 Å². The number of aliphatic imine (C=N–C) groups is 1. The Balaban J connectivity index is 1.57. The van der Waals surface area contributed by atoms with Crippen LogP contribution in [0.1, 0.15) is 56.2 Å². The SMILES string of the molecule is CC(C)(C)OC(=O)[C@H](Cc1ccc(CCCCC(=O)NC2=NCCCN2)s1)NS(=O)(=O)c1ccc(Cl)cc1. The van der Waals surface area contributed by atoms with Crippen LogP contribution in [0.3, 0.4) is 0 Å². The summed E-state index contributed by atoms with van der Waals surface area (Å²) in [5.74, 6) is -0.151. The highest BCUT2D eigenvalue weighted by Gasteiger charge is 2.30. The first kappa shape index (κ1) is 30.1. The number of unbranched alkanes of at least 4 members (excludes halogenated alkanes) is 1. The average molecular weight is 583 g/mol. The lowest BCUT2D eigenvalue weighted by molar-refractivity contribution is -0.156. The molecule has 9 nitrogen and oxygen atoms in total. The lowest BCUT2D eigenvalue weighted by Gasteiger charge is -2.24. The van der Waals surface area contributed by atoms with Crippen LogP contribution in [0.5, 0.6) is 0 Å². The fourth-order valence-corrected chi connectivity index (χ4v) is 6.09. The first-order valence-electron chi connectivity index (χ1n) is 12.6. The lowest BCUT2D eigenvalue weighted by Crippen LogP contribution is -2.45. The number of carbonyl (C=O) groups is 2. The molecule has 0 bridgehead atoms. The van der Waals surface area contributed by atoms with Gasteiger partial charge in [-0.2, -0.15) is 4.72 Å². The number of amides is 1. The molecule has 0 aliphatic carbocycles. The summed E-state index contributed by atoms with van der Waals surface area (Å²) in [6.07, 6.45) is 3.87. The number of hydrogen-bond acceptors (Lipinski definition) is 8. The van der Waals surface area contributed by atoms with Gasteiger partial charge in [0.25, 0.3) is 0 Å². The van der Waals surface area contributed by atoms with Gasteiger partial charge in [-0.15, -0.1) is 11.3 Å². The Morgan fingerprint density at radius 3 is 2.50 bits per heavy atom. The Labute approximate surface area is 233 Å². The summed E-state index contributed by atoms with van der Waals surface area (Å²) in [6, 6.07) is 8.51. The van der Waals surface area contributed by atoms with Crippen LogP contribution in [-0.2, 0) is 37.2 Å². The molecule has 0 fully saturated rings. The van der Waals surface area contributed by atoms with Gasteiger partial charge in [-0.1, -0.05) is 11.6 Å². The molecule has 2 heterocycles. The van der Waals surface area contributed by atoms with E-state index in [4.69, 9.17) is 16.3 Å². The van der Waals surface area contributed by atoms with Crippen molar-refractivity contribution in [1.29, 1.82) is 0 Å². The molecule has 208 valence electrons. The summed E-state index contributed by atoms with van der Waals surface area (Å²) in [5, 5.41) is 6.28. The third-order valence-electron chi connectivity index (χ3n) is 5.47. The van der Waals surface area contributed by atoms with Crippen LogP contribution in [0.15, 0.2) is 46.3 Å². The van der Waals surface area contributed by atoms with Gasteiger partial charge in [0.05, 0.1) is 4.90 Å². The van der Waals surface area contributed by atoms with Crippen molar-refractivity contribution in [2.45, 2.75) is 75.8 Å². The molecule has 3 N–H and O–H groups in total. The maximum absolute atomic E-state index is 13.0. The minimum Gasteiger partial charge on any atom is -0.459 e. The van der Waals surface area contributed by atoms with E-state index in [-0.39, 0.29) is 17.2 Å². The molecule has 0 saturated carbocycles. The zero-order valence-electron chi connectivity index (χ0n) is 21.9. The van der Waals surface area contributed by atoms with E-state index >= 15 is 0 Å². The molecule has 1 aromatic carbocycles. The van der Waals surface area contributed by atoms with E-state index in [1.165, 1.54) is 35.6 Å². The number of thiophene rings is 1. The van der Waals surface area contributed by atoms with Crippen molar-refractivity contribution in [1.82, 2.24) is 15.4 Å². The number of carbonyl (C=O) groups excluding carboxylic acids is 2. The lowest BCUT2D eigenvalue weighted by atomic mass is 10.1. The number of aryl methyl sites for hydroxylation is 1. The van der Waals surface area contributed by atoms with Crippen molar-refractivity contribution >= 4 is 50.8 Å². The van der Waals surface area contributed by atoms with Crippen molar-refractivity contribution in [3.63, 3.8) is 0 Å². The molecule has 1 atom stereocenters. The highest BCUT2D eigenvalue weighted by atomic mass is 35.5. The first-order chi connectivity index (χ1) is 17.9. The van der Waals surface area contributed by atoms with Gasteiger partial charge in [0.1, 0.15) is 11.6 Å². The summed E-state index contributed by atoms with van der Waals surface area (Å²) >= 11 is 7.40. The molecule has 1 aliphatic rings. The summed E-state index contributed by atoms with van der Waals surface area (Å²) in [7, 11) is -3.98. The number of benzene rings is 1. The van der Waals surface area contributed by atoms with Crippen LogP contribution >= 0.6 is 22.9 Å². The molecule has 0 unspecified atom stereocenters. The topological polar surface area (TPSA) is 126 Å². The summed E-state index contributed by atoms with van der Waals surface area (Å²) in [4.78, 5) is 31.2. The molecule has 38 heavy (non-hydrogen) atoms. The minimum absolute atomic E-state index is 0.0118. The zero-order valence-corrected chi connectivity index (χ0v) is 24.3.